The second-order valence-corrected chi connectivity index (χ2v) is 4.76. The van der Waals surface area contributed by atoms with Gasteiger partial charge in [0.05, 0.1) is 12.6 Å². The molecule has 0 spiro atoms. The van der Waals surface area contributed by atoms with Crippen LogP contribution in [0.25, 0.3) is 0 Å². The van der Waals surface area contributed by atoms with E-state index in [0.717, 1.165) is 0 Å². The number of nitrogens with zero attached hydrogens (tertiary/aromatic N) is 1. The number of benzene rings is 1. The fourth-order valence-electron chi connectivity index (χ4n) is 1.65. The van der Waals surface area contributed by atoms with Crippen molar-refractivity contribution in [2.45, 2.75) is 19.4 Å². The van der Waals surface area contributed by atoms with Gasteiger partial charge in [0.2, 0.25) is 11.8 Å². The van der Waals surface area contributed by atoms with Gasteiger partial charge in [-0.25, -0.2) is 0 Å². The lowest BCUT2D eigenvalue weighted by atomic mass is 10.1. The minimum absolute atomic E-state index is 0.0995. The van der Waals surface area contributed by atoms with E-state index in [2.05, 4.69) is 5.32 Å². The third kappa shape index (κ3) is 4.96. The van der Waals surface area contributed by atoms with Gasteiger partial charge < -0.3 is 26.2 Å². The number of nitrogens with one attached hydrogen (secondary N) is 1. The lowest BCUT2D eigenvalue weighted by Gasteiger charge is -2.16. The number of carbonyl (C=O) groups is 2. The molecule has 0 aliphatic carbocycles. The summed E-state index contributed by atoms with van der Waals surface area (Å²) in [5.41, 5.74) is 6.37. The van der Waals surface area contributed by atoms with E-state index in [9.17, 15) is 19.8 Å². The molecular weight excluding hydrogens is 274 g/mol. The molecule has 0 heterocycles. The summed E-state index contributed by atoms with van der Waals surface area (Å²) in [5.74, 6) is -1.13. The van der Waals surface area contributed by atoms with Crippen LogP contribution < -0.4 is 11.1 Å². The first-order valence-corrected chi connectivity index (χ1v) is 6.63. The average Bonchev–Trinajstić information content (AvgIpc) is 2.47. The molecule has 0 aliphatic heterocycles. The van der Waals surface area contributed by atoms with Crippen LogP contribution >= 0.6 is 0 Å². The molecule has 0 saturated carbocycles. The zero-order chi connectivity index (χ0) is 16.0. The van der Waals surface area contributed by atoms with E-state index in [4.69, 9.17) is 5.73 Å². The molecule has 116 valence electrons. The fourth-order valence-corrected chi connectivity index (χ4v) is 1.65. The number of hydrogen-bond donors (Lipinski definition) is 4. The molecule has 21 heavy (non-hydrogen) atoms. The van der Waals surface area contributed by atoms with Crippen LogP contribution in [-0.4, -0.2) is 53.1 Å². The van der Waals surface area contributed by atoms with E-state index in [0.29, 0.717) is 12.1 Å². The Bertz CT molecular complexity index is 519. The highest BCUT2D eigenvalue weighted by Gasteiger charge is 2.16. The maximum atomic E-state index is 11.8. The van der Waals surface area contributed by atoms with Gasteiger partial charge in [-0.15, -0.1) is 0 Å². The number of phenols is 2. The van der Waals surface area contributed by atoms with Crippen molar-refractivity contribution >= 4 is 11.8 Å². The molecule has 1 aromatic carbocycles. The Morgan fingerprint density at radius 3 is 2.57 bits per heavy atom. The summed E-state index contributed by atoms with van der Waals surface area (Å²) in [6.45, 7) is 2.30. The van der Waals surface area contributed by atoms with Crippen molar-refractivity contribution in [1.82, 2.24) is 10.2 Å². The lowest BCUT2D eigenvalue weighted by molar-refractivity contribution is -0.132. The van der Waals surface area contributed by atoms with Crippen molar-refractivity contribution in [3.05, 3.63) is 23.8 Å². The number of hydrogen-bond acceptors (Lipinski definition) is 5. The number of amides is 2. The number of nitrogens with two attached hydrogens (primary N) is 1. The summed E-state index contributed by atoms with van der Waals surface area (Å²) in [7, 11) is 1.65. The largest absolute Gasteiger partial charge is 0.504 e. The molecule has 1 aromatic rings. The lowest BCUT2D eigenvalue weighted by Crippen LogP contribution is -2.46. The van der Waals surface area contributed by atoms with Gasteiger partial charge in [-0.05, 0) is 31.0 Å². The maximum absolute atomic E-state index is 11.8. The predicted molar refractivity (Wildman–Crippen MR) is 77.8 cm³/mol. The molecule has 1 rings (SSSR count). The molecule has 5 N–H and O–H groups in total. The summed E-state index contributed by atoms with van der Waals surface area (Å²) < 4.78 is 0. The van der Waals surface area contributed by atoms with Crippen LogP contribution in [0.4, 0.5) is 0 Å². The first kappa shape index (κ1) is 16.8. The van der Waals surface area contributed by atoms with Crippen molar-refractivity contribution in [2.75, 3.05) is 20.1 Å². The van der Waals surface area contributed by atoms with Crippen LogP contribution in [0.5, 0.6) is 11.5 Å². The second-order valence-electron chi connectivity index (χ2n) is 4.76. The molecule has 7 heteroatoms. The van der Waals surface area contributed by atoms with Gasteiger partial charge in [0.1, 0.15) is 0 Å². The number of aromatic hydroxyl groups is 2. The van der Waals surface area contributed by atoms with E-state index in [-0.39, 0.29) is 30.4 Å². The Morgan fingerprint density at radius 1 is 1.33 bits per heavy atom. The summed E-state index contributed by atoms with van der Waals surface area (Å²) in [6, 6.07) is 3.40. The quantitative estimate of drug-likeness (QED) is 0.531. The third-order valence-electron chi connectivity index (χ3n) is 3.15. The number of likely N-dealkylation sites (N-methyl/N-ethyl adjacent to an activating group) is 1. The smallest absolute Gasteiger partial charge is 0.241 e. The van der Waals surface area contributed by atoms with Gasteiger partial charge in [-0.1, -0.05) is 6.07 Å². The Balaban J connectivity index is 2.51. The summed E-state index contributed by atoms with van der Waals surface area (Å²) >= 11 is 0. The second kappa shape index (κ2) is 7.49. The fraction of sp³-hybridized carbons (Fsp3) is 0.429. The summed E-state index contributed by atoms with van der Waals surface area (Å²) in [4.78, 5) is 24.8. The van der Waals surface area contributed by atoms with Crippen LogP contribution in [0, 0.1) is 0 Å². The topological polar surface area (TPSA) is 116 Å². The Hall–Kier alpha value is -2.28. The van der Waals surface area contributed by atoms with Crippen LogP contribution in [-0.2, 0) is 16.0 Å². The minimum Gasteiger partial charge on any atom is -0.504 e. The Morgan fingerprint density at radius 2 is 2.00 bits per heavy atom. The van der Waals surface area contributed by atoms with Gasteiger partial charge in [0.15, 0.2) is 11.5 Å². The molecule has 7 nitrogen and oxygen atoms in total. The first-order valence-electron chi connectivity index (χ1n) is 6.63. The first-order chi connectivity index (χ1) is 9.85. The molecular formula is C14H21N3O4. The average molecular weight is 295 g/mol. The molecule has 0 saturated heterocycles. The molecule has 0 unspecified atom stereocenters. The molecule has 0 bridgehead atoms. The van der Waals surface area contributed by atoms with E-state index in [1.165, 1.54) is 17.0 Å². The molecule has 0 aromatic heterocycles. The number of phenolic OH excluding ortho intramolecular Hbond substituents is 2. The van der Waals surface area contributed by atoms with E-state index >= 15 is 0 Å². The summed E-state index contributed by atoms with van der Waals surface area (Å²) in [6.07, 6.45) is 0.192. The van der Waals surface area contributed by atoms with E-state index in [1.54, 1.807) is 13.1 Å². The van der Waals surface area contributed by atoms with Crippen LogP contribution in [0.3, 0.4) is 0 Å². The van der Waals surface area contributed by atoms with Crippen molar-refractivity contribution in [3.63, 3.8) is 0 Å². The monoisotopic (exact) mass is 295 g/mol. The molecule has 2 amide bonds. The zero-order valence-electron chi connectivity index (χ0n) is 12.2. The van der Waals surface area contributed by atoms with Crippen LogP contribution in [0.2, 0.25) is 0 Å². The van der Waals surface area contributed by atoms with Gasteiger partial charge in [-0.3, -0.25) is 9.59 Å². The predicted octanol–water partition coefficient (Wildman–Crippen LogP) is -0.438. The van der Waals surface area contributed by atoms with Crippen molar-refractivity contribution < 1.29 is 19.8 Å². The van der Waals surface area contributed by atoms with Gasteiger partial charge in [0, 0.05) is 13.6 Å². The Kier molecular flexibility index (Phi) is 5.98. The van der Waals surface area contributed by atoms with E-state index < -0.39 is 11.9 Å². The molecule has 1 atom stereocenters. The third-order valence-corrected chi connectivity index (χ3v) is 3.15. The maximum Gasteiger partial charge on any atom is 0.241 e. The van der Waals surface area contributed by atoms with E-state index in [1.807, 2.05) is 6.92 Å². The zero-order valence-corrected chi connectivity index (χ0v) is 12.2. The number of rotatable bonds is 6. The highest BCUT2D eigenvalue weighted by molar-refractivity contribution is 5.87. The normalized spacial score (nSPS) is 11.8. The van der Waals surface area contributed by atoms with Gasteiger partial charge in [0.25, 0.3) is 0 Å². The van der Waals surface area contributed by atoms with Crippen LogP contribution in [0.1, 0.15) is 12.5 Å². The molecule has 0 fully saturated rings. The van der Waals surface area contributed by atoms with Crippen molar-refractivity contribution in [3.8, 4) is 11.5 Å². The highest BCUT2D eigenvalue weighted by Crippen LogP contribution is 2.25. The Labute approximate surface area is 123 Å². The van der Waals surface area contributed by atoms with Crippen LogP contribution in [0.15, 0.2) is 18.2 Å². The number of carbonyl (C=O) groups excluding carboxylic acids is 2. The molecule has 0 aliphatic rings. The highest BCUT2D eigenvalue weighted by atomic mass is 16.3. The van der Waals surface area contributed by atoms with Gasteiger partial charge >= 0.3 is 0 Å². The molecule has 0 radical (unpaired) electrons. The summed E-state index contributed by atoms with van der Waals surface area (Å²) in [5, 5.41) is 21.1. The van der Waals surface area contributed by atoms with Gasteiger partial charge in [-0.2, -0.15) is 0 Å². The minimum atomic E-state index is -0.839. The SMILES string of the molecule is CCN(C)C(=O)CNC(=O)[C@@H](N)Cc1ccc(O)c(O)c1. The standard InChI is InChI=1S/C14H21N3O4/c1-3-17(2)13(20)8-16-14(21)10(15)6-9-4-5-11(18)12(19)7-9/h4-5,7,10,18-19H,3,6,8,15H2,1-2H3,(H,16,21)/t10-/m0/s1. The van der Waals surface area contributed by atoms with Crippen molar-refractivity contribution in [2.24, 2.45) is 5.73 Å². The van der Waals surface area contributed by atoms with Crippen molar-refractivity contribution in [1.29, 1.82) is 0 Å².